The topological polar surface area (TPSA) is 325 Å². The minimum atomic E-state index is -4.60. The fourth-order valence-corrected chi connectivity index (χ4v) is 19.4. The predicted molar refractivity (Wildman–Crippen MR) is 306 cm³/mol. The van der Waals surface area contributed by atoms with Crippen LogP contribution in [0.2, 0.25) is 0 Å². The van der Waals surface area contributed by atoms with E-state index in [-0.39, 0.29) is 39.6 Å². The highest BCUT2D eigenvalue weighted by molar-refractivity contribution is 7.86. The van der Waals surface area contributed by atoms with Crippen LogP contribution in [0, 0.1) is 0 Å². The van der Waals surface area contributed by atoms with Crippen LogP contribution in [0.1, 0.15) is 139 Å². The van der Waals surface area contributed by atoms with Crippen LogP contribution in [0.5, 0.6) is 0 Å². The summed E-state index contributed by atoms with van der Waals surface area (Å²) in [7, 11) is -25.9. The zero-order valence-corrected chi connectivity index (χ0v) is 54.7. The predicted octanol–water partition coefficient (Wildman–Crippen LogP) is 11.5. The second-order valence-corrected chi connectivity index (χ2v) is 31.5. The number of nitrogens with zero attached hydrogens (tertiary/aromatic N) is 3. The molecule has 3 aromatic rings. The van der Waals surface area contributed by atoms with E-state index in [0.29, 0.717) is 29.6 Å². The number of amides is 3. The normalized spacial score (nSPS) is 22.2. The lowest BCUT2D eigenvalue weighted by molar-refractivity contribution is 0.0330. The molecule has 3 amide bonds. The van der Waals surface area contributed by atoms with Crippen molar-refractivity contribution < 1.29 is 107 Å². The highest BCUT2D eigenvalue weighted by atomic mass is 32.2. The highest BCUT2D eigenvalue weighted by Crippen LogP contribution is 2.64. The molecule has 0 saturated carbocycles. The Bertz CT molecular complexity index is 2820. The summed E-state index contributed by atoms with van der Waals surface area (Å²) in [6.07, 6.45) is -3.41. The zero-order chi connectivity index (χ0) is 63.5. The summed E-state index contributed by atoms with van der Waals surface area (Å²) in [6, 6.07) is 20.9. The van der Waals surface area contributed by atoms with Gasteiger partial charge < -0.3 is 41.4 Å². The van der Waals surface area contributed by atoms with E-state index >= 15 is 0 Å². The standard InChI is InChI=1S/3C17H26NO8PS/c3*1-6-23-27(20,24-7-2)15-14(13-11-9-8-10-12-13)18(28(21,22)26-15)16(19)25-17(3,4)5/h3*8-12,14-15H,6-7H2,1-5H3/t3*14-,15+/m000/s1. The lowest BCUT2D eigenvalue weighted by Crippen LogP contribution is -2.40. The van der Waals surface area contributed by atoms with Crippen LogP contribution in [0.4, 0.5) is 14.4 Å². The van der Waals surface area contributed by atoms with Crippen molar-refractivity contribution in [3.05, 3.63) is 108 Å². The maximum Gasteiger partial charge on any atom is 0.426 e. The molecule has 6 atom stereocenters. The average molecular weight is 1310 g/mol. The van der Waals surface area contributed by atoms with Gasteiger partial charge in [-0.2, -0.15) is 38.2 Å². The van der Waals surface area contributed by atoms with Crippen LogP contribution in [0.25, 0.3) is 0 Å². The Morgan fingerprint density at radius 1 is 0.381 bits per heavy atom. The summed E-state index contributed by atoms with van der Waals surface area (Å²) >= 11 is 0. The molecular formula is C51H78N3O24P3S3. The Hall–Kier alpha value is -4.35. The largest absolute Gasteiger partial charge is 0.443 e. The third kappa shape index (κ3) is 18.4. The summed E-state index contributed by atoms with van der Waals surface area (Å²) in [5.41, 5.74) is -1.68. The molecule has 474 valence electrons. The van der Waals surface area contributed by atoms with E-state index in [1.165, 1.54) is 0 Å². The van der Waals surface area contributed by atoms with Crippen molar-refractivity contribution in [3.63, 3.8) is 0 Å². The molecule has 3 heterocycles. The molecule has 0 spiro atoms. The molecule has 3 aromatic carbocycles. The van der Waals surface area contributed by atoms with Gasteiger partial charge in [-0.3, -0.25) is 13.7 Å². The number of carbonyl (C=O) groups excluding carboxylic acids is 3. The molecule has 27 nitrogen and oxygen atoms in total. The smallest absolute Gasteiger partial charge is 0.426 e. The van der Waals surface area contributed by atoms with E-state index < -0.39 is 124 Å². The van der Waals surface area contributed by atoms with Gasteiger partial charge in [0.2, 0.25) is 17.5 Å². The van der Waals surface area contributed by atoms with Crippen molar-refractivity contribution in [1.82, 2.24) is 12.9 Å². The van der Waals surface area contributed by atoms with Crippen LogP contribution in [-0.2, 0) is 98.5 Å². The molecule has 0 N–H and O–H groups in total. The first-order valence-corrected chi connectivity index (χ1v) is 35.5. The lowest BCUT2D eigenvalue weighted by Gasteiger charge is -2.29. The van der Waals surface area contributed by atoms with E-state index in [2.05, 4.69) is 0 Å². The Morgan fingerprint density at radius 2 is 0.560 bits per heavy atom. The van der Waals surface area contributed by atoms with E-state index in [1.54, 1.807) is 195 Å². The van der Waals surface area contributed by atoms with Gasteiger partial charge in [0.15, 0.2) is 0 Å². The van der Waals surface area contributed by atoms with Gasteiger partial charge in [-0.25, -0.2) is 26.9 Å². The average Bonchev–Trinajstić information content (AvgIpc) is 3.38. The van der Waals surface area contributed by atoms with Gasteiger partial charge in [0.25, 0.3) is 0 Å². The maximum atomic E-state index is 13.3. The molecule has 3 fully saturated rings. The van der Waals surface area contributed by atoms with Crippen LogP contribution in [0.15, 0.2) is 91.0 Å². The molecule has 3 aliphatic rings. The van der Waals surface area contributed by atoms with Gasteiger partial charge in [0.05, 0.1) is 39.6 Å². The highest BCUT2D eigenvalue weighted by Gasteiger charge is 2.62. The number of ether oxygens (including phenoxy) is 3. The summed E-state index contributed by atoms with van der Waals surface area (Å²) in [6.45, 7) is 24.1. The van der Waals surface area contributed by atoms with E-state index in [4.69, 9.17) is 53.9 Å². The summed E-state index contributed by atoms with van der Waals surface area (Å²) < 4.78 is 180. The third-order valence-electron chi connectivity index (χ3n) is 10.9. The fraction of sp³-hybridized carbons (Fsp3) is 0.588. The molecule has 3 aliphatic heterocycles. The van der Waals surface area contributed by atoms with Gasteiger partial charge in [-0.15, -0.1) is 0 Å². The molecule has 6 rings (SSSR count). The monoisotopic (exact) mass is 1310 g/mol. The van der Waals surface area contributed by atoms with Crippen molar-refractivity contribution >= 4 is 72.0 Å². The van der Waals surface area contributed by atoms with Crippen molar-refractivity contribution in [1.29, 1.82) is 0 Å². The molecule has 0 unspecified atom stereocenters. The van der Waals surface area contributed by atoms with Crippen molar-refractivity contribution in [3.8, 4) is 0 Å². The third-order valence-corrected chi connectivity index (χ3v) is 22.0. The fourth-order valence-electron chi connectivity index (χ4n) is 8.13. The molecular weight excluding hydrogens is 1230 g/mol. The van der Waals surface area contributed by atoms with E-state index in [9.17, 15) is 53.3 Å². The van der Waals surface area contributed by atoms with Crippen molar-refractivity contribution in [2.24, 2.45) is 0 Å². The molecule has 3 saturated heterocycles. The molecule has 33 heteroatoms. The zero-order valence-electron chi connectivity index (χ0n) is 49.6. The Labute approximate surface area is 493 Å². The second kappa shape index (κ2) is 29.1. The summed E-state index contributed by atoms with van der Waals surface area (Å²) in [4.78, 5) is 38.2. The van der Waals surface area contributed by atoms with Gasteiger partial charge in [-0.1, -0.05) is 91.0 Å². The number of hydrogen-bond acceptors (Lipinski definition) is 24. The van der Waals surface area contributed by atoms with Gasteiger partial charge in [0.1, 0.15) is 34.9 Å². The summed E-state index contributed by atoms with van der Waals surface area (Å²) in [5, 5.41) is 0. The first-order valence-electron chi connectivity index (χ1n) is 26.5. The molecule has 0 aliphatic carbocycles. The quantitative estimate of drug-likeness (QED) is 0.0843. The number of hydrogen-bond donors (Lipinski definition) is 0. The minimum Gasteiger partial charge on any atom is -0.443 e. The van der Waals surface area contributed by atoms with Crippen LogP contribution in [0.3, 0.4) is 0 Å². The number of rotatable bonds is 18. The first-order chi connectivity index (χ1) is 38.8. The number of carbonyl (C=O) groups is 3. The molecule has 0 aromatic heterocycles. The molecule has 0 radical (unpaired) electrons. The van der Waals surface area contributed by atoms with Crippen LogP contribution >= 0.6 is 22.8 Å². The Kier molecular flexibility index (Phi) is 25.0. The Balaban J connectivity index is 0.000000270. The number of benzene rings is 3. The van der Waals surface area contributed by atoms with E-state index in [0.717, 1.165) is 0 Å². The SMILES string of the molecule is CCOP(=O)(OCC)[C@H]1OS(=O)(=O)N(C(=O)OC(C)(C)C)[C@H]1c1ccccc1.CCOP(=O)(OCC)[C@H]1OS(=O)(=O)N(C(=O)OC(C)(C)C)[C@H]1c1ccccc1.CCOP(=O)(OCC)[C@H]1OS(=O)(=O)N(C(=O)OC(C)(C)C)[C@H]1c1ccccc1. The van der Waals surface area contributed by atoms with E-state index in [1.807, 2.05) is 0 Å². The van der Waals surface area contributed by atoms with Gasteiger partial charge >= 0.3 is 72.0 Å². The van der Waals surface area contributed by atoms with Crippen LogP contribution < -0.4 is 0 Å². The first kappa shape index (κ1) is 72.1. The Morgan fingerprint density at radius 3 is 0.714 bits per heavy atom. The minimum absolute atomic E-state index is 0.00509. The summed E-state index contributed by atoms with van der Waals surface area (Å²) in [5.74, 6) is -4.69. The maximum absolute atomic E-state index is 13.3. The van der Waals surface area contributed by atoms with Crippen LogP contribution in [-0.4, -0.2) is 130 Å². The van der Waals surface area contributed by atoms with Crippen molar-refractivity contribution in [2.45, 2.75) is 156 Å². The molecule has 84 heavy (non-hydrogen) atoms. The molecule has 0 bridgehead atoms. The van der Waals surface area contributed by atoms with Gasteiger partial charge in [-0.05, 0) is 121 Å². The van der Waals surface area contributed by atoms with Gasteiger partial charge in [0, 0.05) is 0 Å². The van der Waals surface area contributed by atoms with Crippen molar-refractivity contribution in [2.75, 3.05) is 39.6 Å². The second-order valence-electron chi connectivity index (χ2n) is 20.9. The lowest BCUT2D eigenvalue weighted by atomic mass is 10.1.